The van der Waals surface area contributed by atoms with E-state index in [0.29, 0.717) is 30.1 Å². The smallest absolute Gasteiger partial charge is 0.343 e. The van der Waals surface area contributed by atoms with Gasteiger partial charge >= 0.3 is 11.9 Å². The molecule has 0 aromatic heterocycles. The highest BCUT2D eigenvalue weighted by molar-refractivity contribution is 5.92. The van der Waals surface area contributed by atoms with E-state index < -0.39 is 11.9 Å². The van der Waals surface area contributed by atoms with Gasteiger partial charge in [0.15, 0.2) is 0 Å². The fourth-order valence-electron chi connectivity index (χ4n) is 4.12. The lowest BCUT2D eigenvalue weighted by Gasteiger charge is -2.13. The van der Waals surface area contributed by atoms with Gasteiger partial charge in [0.2, 0.25) is 0 Å². The first-order valence-corrected chi connectivity index (χ1v) is 14.4. The van der Waals surface area contributed by atoms with Gasteiger partial charge in [-0.1, -0.05) is 70.2 Å². The summed E-state index contributed by atoms with van der Waals surface area (Å²) < 4.78 is 22.2. The van der Waals surface area contributed by atoms with Gasteiger partial charge in [0, 0.05) is 6.61 Å². The highest BCUT2D eigenvalue weighted by Gasteiger charge is 2.14. The summed E-state index contributed by atoms with van der Waals surface area (Å²) in [6.45, 7) is 7.76. The maximum Gasteiger partial charge on any atom is 0.343 e. The Bertz CT molecular complexity index is 1150. The fourth-order valence-corrected chi connectivity index (χ4v) is 4.12. The SMILES string of the molecule is CCCCCCCCOc1ccc(-c2ccc(C(=O)Oc3ccc(C(=O)O[C@H](C)COCCC)cc3)cc2)cc1. The number of rotatable bonds is 17. The first-order valence-electron chi connectivity index (χ1n) is 14.4. The summed E-state index contributed by atoms with van der Waals surface area (Å²) in [7, 11) is 0. The monoisotopic (exact) mass is 546 g/mol. The number of ether oxygens (including phenoxy) is 4. The van der Waals surface area contributed by atoms with Crippen LogP contribution in [0.1, 0.15) is 86.4 Å². The molecule has 40 heavy (non-hydrogen) atoms. The number of unbranched alkanes of at least 4 members (excludes halogenated alkanes) is 5. The molecule has 0 saturated heterocycles. The van der Waals surface area contributed by atoms with Crippen LogP contribution in [0.5, 0.6) is 11.5 Å². The molecule has 3 rings (SSSR count). The van der Waals surface area contributed by atoms with E-state index in [9.17, 15) is 9.59 Å². The third-order valence-corrected chi connectivity index (χ3v) is 6.38. The normalized spacial score (nSPS) is 11.6. The number of hydrogen-bond donors (Lipinski definition) is 0. The van der Waals surface area contributed by atoms with Gasteiger partial charge in [-0.2, -0.15) is 0 Å². The Hall–Kier alpha value is -3.64. The number of carbonyl (C=O) groups is 2. The summed E-state index contributed by atoms with van der Waals surface area (Å²) in [6.07, 6.45) is 8.01. The van der Waals surface area contributed by atoms with Crippen LogP contribution in [0.4, 0.5) is 0 Å². The lowest BCUT2D eigenvalue weighted by atomic mass is 10.0. The number of hydrogen-bond acceptors (Lipinski definition) is 6. The van der Waals surface area contributed by atoms with Crippen LogP contribution in [-0.2, 0) is 9.47 Å². The molecule has 1 atom stereocenters. The van der Waals surface area contributed by atoms with Crippen LogP contribution in [0.2, 0.25) is 0 Å². The van der Waals surface area contributed by atoms with Crippen molar-refractivity contribution in [2.45, 2.75) is 71.8 Å². The second kappa shape index (κ2) is 17.1. The predicted octanol–water partition coefficient (Wildman–Crippen LogP) is 8.28. The van der Waals surface area contributed by atoms with Crippen molar-refractivity contribution < 1.29 is 28.5 Å². The van der Waals surface area contributed by atoms with Crippen molar-refractivity contribution in [2.24, 2.45) is 0 Å². The van der Waals surface area contributed by atoms with Crippen molar-refractivity contribution in [3.63, 3.8) is 0 Å². The minimum absolute atomic E-state index is 0.347. The van der Waals surface area contributed by atoms with E-state index in [0.717, 1.165) is 36.3 Å². The molecule has 0 saturated carbocycles. The van der Waals surface area contributed by atoms with Gasteiger partial charge in [-0.05, 0) is 79.4 Å². The maximum atomic E-state index is 12.7. The molecule has 214 valence electrons. The summed E-state index contributed by atoms with van der Waals surface area (Å²) in [4.78, 5) is 25.0. The molecule has 0 aliphatic rings. The third kappa shape index (κ3) is 10.5. The molecule has 0 aliphatic heterocycles. The fraction of sp³-hybridized carbons (Fsp3) is 0.412. The Morgan fingerprint density at radius 3 is 1.82 bits per heavy atom. The summed E-state index contributed by atoms with van der Waals surface area (Å²) in [5, 5.41) is 0. The largest absolute Gasteiger partial charge is 0.494 e. The molecule has 0 aliphatic carbocycles. The van der Waals surface area contributed by atoms with Gasteiger partial charge in [0.1, 0.15) is 17.6 Å². The summed E-state index contributed by atoms with van der Waals surface area (Å²) in [5.74, 6) is 0.300. The van der Waals surface area contributed by atoms with Crippen molar-refractivity contribution in [1.29, 1.82) is 0 Å². The van der Waals surface area contributed by atoms with Gasteiger partial charge in [-0.15, -0.1) is 0 Å². The Morgan fingerprint density at radius 1 is 0.625 bits per heavy atom. The minimum Gasteiger partial charge on any atom is -0.494 e. The Morgan fingerprint density at radius 2 is 1.18 bits per heavy atom. The average Bonchev–Trinajstić information content (AvgIpc) is 2.97. The molecule has 0 bridgehead atoms. The molecule has 0 unspecified atom stereocenters. The highest BCUT2D eigenvalue weighted by Crippen LogP contribution is 2.24. The Labute approximate surface area is 238 Å². The van der Waals surface area contributed by atoms with Crippen LogP contribution in [0, 0.1) is 0 Å². The van der Waals surface area contributed by atoms with Crippen molar-refractivity contribution in [1.82, 2.24) is 0 Å². The molecular formula is C34H42O6. The molecular weight excluding hydrogens is 504 g/mol. The molecule has 0 fully saturated rings. The van der Waals surface area contributed by atoms with Crippen LogP contribution in [0.15, 0.2) is 72.8 Å². The van der Waals surface area contributed by atoms with E-state index >= 15 is 0 Å². The molecule has 0 radical (unpaired) electrons. The third-order valence-electron chi connectivity index (χ3n) is 6.38. The standard InChI is InChI=1S/C34H42O6/c1-4-6-7-8-9-10-24-38-31-19-15-28(16-20-31)27-11-13-29(14-12-27)34(36)40-32-21-17-30(18-22-32)33(35)39-26(3)25-37-23-5-2/h11-22,26H,4-10,23-25H2,1-3H3/t26-/m1/s1. The summed E-state index contributed by atoms with van der Waals surface area (Å²) >= 11 is 0. The van der Waals surface area contributed by atoms with Crippen molar-refractivity contribution in [3.8, 4) is 22.6 Å². The topological polar surface area (TPSA) is 71.1 Å². The second-order valence-corrected chi connectivity index (χ2v) is 9.92. The van der Waals surface area contributed by atoms with Gasteiger partial charge in [-0.25, -0.2) is 9.59 Å². The van der Waals surface area contributed by atoms with Gasteiger partial charge in [-0.3, -0.25) is 0 Å². The summed E-state index contributed by atoms with van der Waals surface area (Å²) in [5.41, 5.74) is 2.86. The van der Waals surface area contributed by atoms with E-state index in [1.54, 1.807) is 43.3 Å². The summed E-state index contributed by atoms with van der Waals surface area (Å²) in [6, 6.07) is 21.6. The molecule has 0 heterocycles. The van der Waals surface area contributed by atoms with Crippen LogP contribution in [0.3, 0.4) is 0 Å². The number of esters is 2. The van der Waals surface area contributed by atoms with Crippen molar-refractivity contribution in [3.05, 3.63) is 83.9 Å². The quantitative estimate of drug-likeness (QED) is 0.0964. The van der Waals surface area contributed by atoms with Crippen molar-refractivity contribution >= 4 is 11.9 Å². The minimum atomic E-state index is -0.470. The predicted molar refractivity (Wildman–Crippen MR) is 158 cm³/mol. The zero-order valence-corrected chi connectivity index (χ0v) is 24.0. The average molecular weight is 547 g/mol. The first-order chi connectivity index (χ1) is 19.5. The molecule has 0 amide bonds. The zero-order valence-electron chi connectivity index (χ0n) is 24.0. The van der Waals surface area contributed by atoms with Crippen LogP contribution in [0.25, 0.3) is 11.1 Å². The number of benzene rings is 3. The second-order valence-electron chi connectivity index (χ2n) is 9.92. The van der Waals surface area contributed by atoms with Gasteiger partial charge in [0.05, 0.1) is 24.3 Å². The molecule has 3 aromatic carbocycles. The zero-order chi connectivity index (χ0) is 28.6. The number of carbonyl (C=O) groups excluding carboxylic acids is 2. The van der Waals surface area contributed by atoms with E-state index in [4.69, 9.17) is 18.9 Å². The van der Waals surface area contributed by atoms with Crippen LogP contribution < -0.4 is 9.47 Å². The van der Waals surface area contributed by atoms with Gasteiger partial charge < -0.3 is 18.9 Å². The van der Waals surface area contributed by atoms with E-state index in [1.165, 1.54) is 32.1 Å². The molecule has 6 nitrogen and oxygen atoms in total. The van der Waals surface area contributed by atoms with Crippen LogP contribution in [-0.4, -0.2) is 37.9 Å². The van der Waals surface area contributed by atoms with E-state index in [1.807, 2.05) is 43.3 Å². The van der Waals surface area contributed by atoms with Crippen molar-refractivity contribution in [2.75, 3.05) is 19.8 Å². The molecule has 3 aromatic rings. The van der Waals surface area contributed by atoms with E-state index in [-0.39, 0.29) is 6.10 Å². The first kappa shape index (κ1) is 30.9. The lowest BCUT2D eigenvalue weighted by molar-refractivity contribution is 0.00226. The lowest BCUT2D eigenvalue weighted by Crippen LogP contribution is -2.20. The molecule has 6 heteroatoms. The molecule has 0 spiro atoms. The maximum absolute atomic E-state index is 12.7. The highest BCUT2D eigenvalue weighted by atomic mass is 16.6. The van der Waals surface area contributed by atoms with E-state index in [2.05, 4.69) is 6.92 Å². The Kier molecular flexibility index (Phi) is 13.2. The Balaban J connectivity index is 1.46. The molecule has 0 N–H and O–H groups in total. The van der Waals surface area contributed by atoms with Gasteiger partial charge in [0.25, 0.3) is 0 Å². The van der Waals surface area contributed by atoms with Crippen LogP contribution >= 0.6 is 0 Å².